The Labute approximate surface area is 211 Å². The molecule has 2 aromatic carbocycles. The van der Waals surface area contributed by atoms with Gasteiger partial charge in [-0.3, -0.25) is 10.2 Å². The molecular weight excluding hydrogens is 492 g/mol. The third kappa shape index (κ3) is 8.12. The van der Waals surface area contributed by atoms with Crippen molar-refractivity contribution in [2.24, 2.45) is 0 Å². The molecule has 1 saturated heterocycles. The van der Waals surface area contributed by atoms with E-state index in [1.807, 2.05) is 6.92 Å². The molecule has 0 spiro atoms. The number of halogens is 1. The van der Waals surface area contributed by atoms with Crippen LogP contribution >= 0.6 is 11.6 Å². The molecule has 0 saturated carbocycles. The number of carbonyl (C=O) groups is 2. The number of hydrazine groups is 1. The zero-order valence-corrected chi connectivity index (χ0v) is 21.3. The summed E-state index contributed by atoms with van der Waals surface area (Å²) in [5.74, 6) is 0.145. The third-order valence-corrected chi connectivity index (χ3v) is 7.09. The van der Waals surface area contributed by atoms with Gasteiger partial charge < -0.3 is 10.1 Å². The highest BCUT2D eigenvalue weighted by atomic mass is 35.5. The predicted molar refractivity (Wildman–Crippen MR) is 134 cm³/mol. The molecule has 3 N–H and O–H groups in total. The van der Waals surface area contributed by atoms with Gasteiger partial charge in [0, 0.05) is 24.7 Å². The van der Waals surface area contributed by atoms with E-state index in [2.05, 4.69) is 15.5 Å². The number of benzene rings is 2. The van der Waals surface area contributed by atoms with Crippen molar-refractivity contribution in [3.8, 4) is 5.75 Å². The first-order valence-electron chi connectivity index (χ1n) is 11.7. The van der Waals surface area contributed by atoms with Crippen molar-refractivity contribution >= 4 is 33.6 Å². The molecule has 0 aliphatic carbocycles. The molecule has 3 amide bonds. The molecule has 0 aromatic heterocycles. The molecule has 0 radical (unpaired) electrons. The van der Waals surface area contributed by atoms with Gasteiger partial charge in [-0.2, -0.15) is 0 Å². The molecule has 9 nitrogen and oxygen atoms in total. The fraction of sp³-hybridized carbons (Fsp3) is 0.417. The first-order valence-corrected chi connectivity index (χ1v) is 13.5. The maximum absolute atomic E-state index is 12.6. The largest absolute Gasteiger partial charge is 0.493 e. The molecule has 0 bridgehead atoms. The van der Waals surface area contributed by atoms with Crippen LogP contribution in [0.25, 0.3) is 0 Å². The fourth-order valence-electron chi connectivity index (χ4n) is 3.74. The van der Waals surface area contributed by atoms with E-state index in [1.165, 1.54) is 12.1 Å². The van der Waals surface area contributed by atoms with Crippen LogP contribution in [0.3, 0.4) is 0 Å². The van der Waals surface area contributed by atoms with E-state index in [4.69, 9.17) is 16.3 Å². The summed E-state index contributed by atoms with van der Waals surface area (Å²) in [5.41, 5.74) is 3.79. The van der Waals surface area contributed by atoms with Gasteiger partial charge in [0.2, 0.25) is 0 Å². The Bertz CT molecular complexity index is 1120. The van der Waals surface area contributed by atoms with E-state index < -0.39 is 16.1 Å². The van der Waals surface area contributed by atoms with Crippen LogP contribution in [-0.2, 0) is 16.4 Å². The number of urea groups is 1. The van der Waals surface area contributed by atoms with Crippen molar-refractivity contribution in [3.63, 3.8) is 0 Å². The summed E-state index contributed by atoms with van der Waals surface area (Å²) < 4.78 is 32.7. The highest BCUT2D eigenvalue weighted by molar-refractivity contribution is 7.90. The number of carbonyl (C=O) groups excluding carboxylic acids is 2. The van der Waals surface area contributed by atoms with E-state index >= 15 is 0 Å². The smallest absolute Gasteiger partial charge is 0.343 e. The van der Waals surface area contributed by atoms with Gasteiger partial charge in [0.15, 0.2) is 0 Å². The van der Waals surface area contributed by atoms with E-state index in [0.29, 0.717) is 49.0 Å². The second-order valence-electron chi connectivity index (χ2n) is 8.17. The van der Waals surface area contributed by atoms with Crippen molar-refractivity contribution in [2.45, 2.75) is 43.9 Å². The Morgan fingerprint density at radius 2 is 1.71 bits per heavy atom. The number of rotatable bonds is 9. The van der Waals surface area contributed by atoms with Crippen LogP contribution in [0, 0.1) is 0 Å². The molecule has 190 valence electrons. The third-order valence-electron chi connectivity index (χ3n) is 5.51. The minimum absolute atomic E-state index is 0.0171. The van der Waals surface area contributed by atoms with Crippen LogP contribution in [0.15, 0.2) is 47.4 Å². The van der Waals surface area contributed by atoms with Crippen molar-refractivity contribution in [1.82, 2.24) is 20.5 Å². The normalized spacial score (nSPS) is 14.6. The van der Waals surface area contributed by atoms with E-state index in [0.717, 1.165) is 31.2 Å². The van der Waals surface area contributed by atoms with Crippen molar-refractivity contribution < 1.29 is 22.7 Å². The van der Waals surface area contributed by atoms with Gasteiger partial charge >= 0.3 is 6.03 Å². The zero-order valence-electron chi connectivity index (χ0n) is 19.7. The van der Waals surface area contributed by atoms with Crippen molar-refractivity contribution in [3.05, 3.63) is 58.6 Å². The van der Waals surface area contributed by atoms with Crippen LogP contribution in [0.1, 0.15) is 48.5 Å². The van der Waals surface area contributed by atoms with Crippen molar-refractivity contribution in [2.75, 3.05) is 26.2 Å². The molecule has 0 atom stereocenters. The maximum atomic E-state index is 12.6. The summed E-state index contributed by atoms with van der Waals surface area (Å²) in [6.45, 7) is 3.98. The summed E-state index contributed by atoms with van der Waals surface area (Å²) in [5, 5.41) is 5.00. The second kappa shape index (κ2) is 12.8. The van der Waals surface area contributed by atoms with Crippen LogP contribution < -0.4 is 20.2 Å². The van der Waals surface area contributed by atoms with E-state index in [1.54, 1.807) is 35.3 Å². The molecule has 11 heteroatoms. The van der Waals surface area contributed by atoms with Gasteiger partial charge in [0.05, 0.1) is 17.1 Å². The van der Waals surface area contributed by atoms with E-state index in [9.17, 15) is 18.0 Å². The highest BCUT2D eigenvalue weighted by Gasteiger charge is 2.20. The van der Waals surface area contributed by atoms with Gasteiger partial charge in [-0.15, -0.1) is 0 Å². The lowest BCUT2D eigenvalue weighted by molar-refractivity contribution is 0.0950. The minimum Gasteiger partial charge on any atom is -0.493 e. The highest BCUT2D eigenvalue weighted by Crippen LogP contribution is 2.23. The molecule has 1 aliphatic heterocycles. The van der Waals surface area contributed by atoms with Crippen LogP contribution in [0.2, 0.25) is 5.02 Å². The fourth-order valence-corrected chi connectivity index (χ4v) is 4.82. The van der Waals surface area contributed by atoms with Crippen LogP contribution in [0.4, 0.5) is 4.79 Å². The molecular formula is C24H31ClN4O5S. The van der Waals surface area contributed by atoms with Gasteiger partial charge in [-0.1, -0.05) is 36.6 Å². The van der Waals surface area contributed by atoms with Gasteiger partial charge in [-0.25, -0.2) is 22.9 Å². The Balaban J connectivity index is 1.51. The zero-order chi connectivity index (χ0) is 25.3. The topological polar surface area (TPSA) is 117 Å². The first-order chi connectivity index (χ1) is 16.8. The molecule has 0 unspecified atom stereocenters. The van der Waals surface area contributed by atoms with Gasteiger partial charge in [0.25, 0.3) is 15.9 Å². The first kappa shape index (κ1) is 26.8. The monoisotopic (exact) mass is 522 g/mol. The predicted octanol–water partition coefficient (Wildman–Crippen LogP) is 3.49. The maximum Gasteiger partial charge on any atom is 0.343 e. The number of sulfonamides is 1. The Kier molecular flexibility index (Phi) is 9.76. The SMILES string of the molecule is CCOc1ccc(Cl)cc1C(=O)NCCc1ccc(S(=O)(=O)NC(=O)NN2CCCCCC2)cc1. The van der Waals surface area contributed by atoms with Crippen LogP contribution in [0.5, 0.6) is 5.75 Å². The van der Waals surface area contributed by atoms with Gasteiger partial charge in [-0.05, 0) is 62.1 Å². The lowest BCUT2D eigenvalue weighted by Gasteiger charge is -2.20. The molecule has 35 heavy (non-hydrogen) atoms. The Hall–Kier alpha value is -2.82. The summed E-state index contributed by atoms with van der Waals surface area (Å²) in [6, 6.07) is 10.3. The summed E-state index contributed by atoms with van der Waals surface area (Å²) in [6.07, 6.45) is 4.61. The van der Waals surface area contributed by atoms with Crippen molar-refractivity contribution in [1.29, 1.82) is 0 Å². The molecule has 2 aromatic rings. The second-order valence-corrected chi connectivity index (χ2v) is 10.3. The molecule has 1 aliphatic rings. The summed E-state index contributed by atoms with van der Waals surface area (Å²) in [7, 11) is -4.01. The number of ether oxygens (including phenoxy) is 1. The minimum atomic E-state index is -4.01. The Morgan fingerprint density at radius 1 is 1.03 bits per heavy atom. The lowest BCUT2D eigenvalue weighted by atomic mass is 10.1. The number of hydrogen-bond donors (Lipinski definition) is 3. The lowest BCUT2D eigenvalue weighted by Crippen LogP contribution is -2.49. The molecule has 3 rings (SSSR count). The quantitative estimate of drug-likeness (QED) is 0.464. The number of nitrogens with one attached hydrogen (secondary N) is 3. The summed E-state index contributed by atoms with van der Waals surface area (Å²) >= 11 is 6.01. The molecule has 1 heterocycles. The average molecular weight is 523 g/mol. The number of hydrogen-bond acceptors (Lipinski definition) is 6. The van der Waals surface area contributed by atoms with Gasteiger partial charge in [0.1, 0.15) is 5.75 Å². The average Bonchev–Trinajstić information content (AvgIpc) is 3.09. The number of nitrogens with zero attached hydrogens (tertiary/aromatic N) is 1. The number of amides is 3. The standard InChI is InChI=1S/C24H31ClN4O5S/c1-2-34-22-12-9-19(25)17-21(22)23(30)26-14-13-18-7-10-20(11-8-18)35(32,33)28-24(31)27-29-15-5-3-4-6-16-29/h7-12,17H,2-6,13-16H2,1H3,(H,26,30)(H2,27,28,31). The van der Waals surface area contributed by atoms with E-state index in [-0.39, 0.29) is 10.8 Å². The summed E-state index contributed by atoms with van der Waals surface area (Å²) in [4.78, 5) is 24.7. The Morgan fingerprint density at radius 3 is 2.37 bits per heavy atom. The van der Waals surface area contributed by atoms with Crippen LogP contribution in [-0.4, -0.2) is 51.6 Å². The molecule has 1 fully saturated rings.